The number of rotatable bonds is 4. The maximum absolute atomic E-state index is 12.2. The van der Waals surface area contributed by atoms with Crippen molar-refractivity contribution in [3.8, 4) is 0 Å². The fourth-order valence-corrected chi connectivity index (χ4v) is 4.26. The molecule has 2 heterocycles. The van der Waals surface area contributed by atoms with Gasteiger partial charge in [0.25, 0.3) is 0 Å². The molecule has 0 radical (unpaired) electrons. The van der Waals surface area contributed by atoms with Crippen LogP contribution in [0.5, 0.6) is 0 Å². The molecule has 1 atom stereocenters. The molecule has 0 saturated carbocycles. The van der Waals surface area contributed by atoms with Gasteiger partial charge in [0.2, 0.25) is 15.9 Å². The van der Waals surface area contributed by atoms with Crippen molar-refractivity contribution in [1.29, 1.82) is 0 Å². The highest BCUT2D eigenvalue weighted by atomic mass is 32.2. The number of likely N-dealkylation sites (N-methyl/N-ethyl adjacent to an activating group) is 1. The molecule has 0 bridgehead atoms. The number of benzene rings is 1. The van der Waals surface area contributed by atoms with Gasteiger partial charge in [-0.3, -0.25) is 4.79 Å². The fourth-order valence-electron chi connectivity index (χ4n) is 3.38. The maximum Gasteiger partial charge on any atom is 0.227 e. The van der Waals surface area contributed by atoms with Gasteiger partial charge in [-0.25, -0.2) is 13.6 Å². The van der Waals surface area contributed by atoms with Crippen molar-refractivity contribution in [2.24, 2.45) is 11.1 Å². The second-order valence-electron chi connectivity index (χ2n) is 6.71. The molecule has 132 valence electrons. The molecule has 0 aromatic heterocycles. The lowest BCUT2D eigenvalue weighted by molar-refractivity contribution is -0.117. The lowest BCUT2D eigenvalue weighted by Crippen LogP contribution is -2.44. The first kappa shape index (κ1) is 17.2. The minimum Gasteiger partial charge on any atom is -0.369 e. The molecule has 1 amide bonds. The van der Waals surface area contributed by atoms with Gasteiger partial charge in [0.05, 0.1) is 5.75 Å². The summed E-state index contributed by atoms with van der Waals surface area (Å²) < 4.78 is 22.4. The monoisotopic (exact) mass is 352 g/mol. The number of carbonyl (C=O) groups excluding carboxylic acids is 1. The third kappa shape index (κ3) is 4.06. The molecule has 0 aliphatic carbocycles. The minimum absolute atomic E-state index is 0.0454. The largest absolute Gasteiger partial charge is 0.369 e. The van der Waals surface area contributed by atoms with E-state index in [0.717, 1.165) is 37.6 Å². The van der Waals surface area contributed by atoms with Gasteiger partial charge in [-0.15, -0.1) is 0 Å². The van der Waals surface area contributed by atoms with Crippen molar-refractivity contribution in [1.82, 2.24) is 4.90 Å². The van der Waals surface area contributed by atoms with E-state index in [0.29, 0.717) is 6.54 Å². The molecule has 1 unspecified atom stereocenters. The van der Waals surface area contributed by atoms with E-state index < -0.39 is 10.0 Å². The number of primary sulfonamides is 1. The summed E-state index contributed by atoms with van der Waals surface area (Å²) in [6.45, 7) is 4.48. The Bertz CT molecular complexity index is 697. The third-order valence-corrected chi connectivity index (χ3v) is 5.64. The Hall–Kier alpha value is -1.64. The zero-order chi connectivity index (χ0) is 17.3. The highest BCUT2D eigenvalue weighted by Gasteiger charge is 2.32. The average molecular weight is 352 g/mol. The van der Waals surface area contributed by atoms with Crippen LogP contribution in [-0.4, -0.2) is 64.7 Å². The van der Waals surface area contributed by atoms with Crippen molar-refractivity contribution in [3.05, 3.63) is 24.3 Å². The van der Waals surface area contributed by atoms with Crippen LogP contribution in [0.25, 0.3) is 0 Å². The van der Waals surface area contributed by atoms with Crippen LogP contribution in [0.2, 0.25) is 0 Å². The predicted molar refractivity (Wildman–Crippen MR) is 94.6 cm³/mol. The van der Waals surface area contributed by atoms with Crippen molar-refractivity contribution >= 4 is 27.3 Å². The number of hydrogen-bond acceptors (Lipinski definition) is 5. The average Bonchev–Trinajstić information content (AvgIpc) is 2.86. The topological polar surface area (TPSA) is 86.9 Å². The molecule has 2 N–H and O–H groups in total. The molecule has 0 spiro atoms. The van der Waals surface area contributed by atoms with Gasteiger partial charge < -0.3 is 14.7 Å². The Labute approximate surface area is 143 Å². The molecule has 3 rings (SSSR count). The fraction of sp³-hybridized carbons (Fsp3) is 0.562. The van der Waals surface area contributed by atoms with Crippen LogP contribution in [-0.2, 0) is 14.8 Å². The van der Waals surface area contributed by atoms with Gasteiger partial charge in [0.15, 0.2) is 0 Å². The summed E-state index contributed by atoms with van der Waals surface area (Å²) in [6, 6.07) is 7.93. The summed E-state index contributed by atoms with van der Waals surface area (Å²) in [5.41, 5.74) is 1.97. The van der Waals surface area contributed by atoms with Crippen LogP contribution in [0.1, 0.15) is 6.42 Å². The summed E-state index contributed by atoms with van der Waals surface area (Å²) in [5, 5.41) is 5.09. The molecule has 2 saturated heterocycles. The van der Waals surface area contributed by atoms with Crippen LogP contribution in [0, 0.1) is 5.92 Å². The lowest BCUT2D eigenvalue weighted by atomic mass is 10.1. The zero-order valence-corrected chi connectivity index (χ0v) is 14.7. The Balaban J connectivity index is 1.66. The van der Waals surface area contributed by atoms with Crippen molar-refractivity contribution < 1.29 is 13.2 Å². The third-order valence-electron chi connectivity index (χ3n) is 4.70. The Morgan fingerprint density at radius 3 is 2.25 bits per heavy atom. The summed E-state index contributed by atoms with van der Waals surface area (Å²) in [7, 11) is -1.43. The Morgan fingerprint density at radius 2 is 1.67 bits per heavy atom. The van der Waals surface area contributed by atoms with E-state index in [1.807, 2.05) is 24.3 Å². The SMILES string of the molecule is CN1CCN(c2ccc(N3CC(CS(N)(=O)=O)CC3=O)cc2)CC1. The molecular formula is C16H24N4O3S. The van der Waals surface area contributed by atoms with Crippen LogP contribution < -0.4 is 14.9 Å². The second kappa shape index (κ2) is 6.70. The Kier molecular flexibility index (Phi) is 4.80. The predicted octanol–water partition coefficient (Wildman–Crippen LogP) is 0.0798. The van der Waals surface area contributed by atoms with Gasteiger partial charge in [-0.2, -0.15) is 0 Å². The molecule has 1 aromatic carbocycles. The molecule has 2 aliphatic heterocycles. The van der Waals surface area contributed by atoms with E-state index in [1.54, 1.807) is 4.90 Å². The number of amides is 1. The number of sulfonamides is 1. The number of piperazine rings is 1. The van der Waals surface area contributed by atoms with Gasteiger partial charge in [0, 0.05) is 56.4 Å². The minimum atomic E-state index is -3.55. The quantitative estimate of drug-likeness (QED) is 0.829. The van der Waals surface area contributed by atoms with E-state index in [2.05, 4.69) is 16.8 Å². The van der Waals surface area contributed by atoms with Gasteiger partial charge >= 0.3 is 0 Å². The van der Waals surface area contributed by atoms with Crippen molar-refractivity contribution in [3.63, 3.8) is 0 Å². The lowest BCUT2D eigenvalue weighted by Gasteiger charge is -2.34. The molecule has 2 aliphatic rings. The van der Waals surface area contributed by atoms with E-state index in [-0.39, 0.29) is 24.0 Å². The highest BCUT2D eigenvalue weighted by molar-refractivity contribution is 7.89. The summed E-state index contributed by atoms with van der Waals surface area (Å²) in [5.74, 6) is -0.421. The number of anilines is 2. The van der Waals surface area contributed by atoms with Crippen molar-refractivity contribution in [2.75, 3.05) is 55.3 Å². The summed E-state index contributed by atoms with van der Waals surface area (Å²) >= 11 is 0. The number of carbonyl (C=O) groups is 1. The highest BCUT2D eigenvalue weighted by Crippen LogP contribution is 2.28. The van der Waals surface area contributed by atoms with E-state index >= 15 is 0 Å². The maximum atomic E-state index is 12.2. The van der Waals surface area contributed by atoms with E-state index in [4.69, 9.17) is 5.14 Å². The zero-order valence-electron chi connectivity index (χ0n) is 13.9. The van der Waals surface area contributed by atoms with Crippen molar-refractivity contribution in [2.45, 2.75) is 6.42 Å². The number of hydrogen-bond donors (Lipinski definition) is 1. The van der Waals surface area contributed by atoms with E-state index in [9.17, 15) is 13.2 Å². The van der Waals surface area contributed by atoms with Crippen LogP contribution >= 0.6 is 0 Å². The first-order valence-electron chi connectivity index (χ1n) is 8.16. The summed E-state index contributed by atoms with van der Waals surface area (Å²) in [4.78, 5) is 18.5. The van der Waals surface area contributed by atoms with Gasteiger partial charge in [-0.05, 0) is 31.3 Å². The molecule has 8 heteroatoms. The molecular weight excluding hydrogens is 328 g/mol. The smallest absolute Gasteiger partial charge is 0.227 e. The van der Waals surface area contributed by atoms with Gasteiger partial charge in [-0.1, -0.05) is 0 Å². The first-order valence-corrected chi connectivity index (χ1v) is 9.88. The number of nitrogens with zero attached hydrogens (tertiary/aromatic N) is 3. The molecule has 24 heavy (non-hydrogen) atoms. The first-order chi connectivity index (χ1) is 11.3. The van der Waals surface area contributed by atoms with Crippen LogP contribution in [0.15, 0.2) is 24.3 Å². The molecule has 1 aromatic rings. The van der Waals surface area contributed by atoms with Crippen LogP contribution in [0.4, 0.5) is 11.4 Å². The Morgan fingerprint density at radius 1 is 1.08 bits per heavy atom. The molecule has 2 fully saturated rings. The van der Waals surface area contributed by atoms with Crippen LogP contribution in [0.3, 0.4) is 0 Å². The standard InChI is InChI=1S/C16H24N4O3S/c1-18-6-8-19(9-7-18)14-2-4-15(5-3-14)20-11-13(10-16(20)21)12-24(17,22)23/h2-5,13H,6-12H2,1H3,(H2,17,22,23). The normalized spacial score (nSPS) is 23.1. The van der Waals surface area contributed by atoms with Gasteiger partial charge in [0.1, 0.15) is 0 Å². The second-order valence-corrected chi connectivity index (χ2v) is 8.37. The molecule has 7 nitrogen and oxygen atoms in total. The van der Waals surface area contributed by atoms with E-state index in [1.165, 1.54) is 0 Å². The summed E-state index contributed by atoms with van der Waals surface area (Å²) in [6.07, 6.45) is 0.233. The number of nitrogens with two attached hydrogens (primary N) is 1.